The Kier molecular flexibility index (Phi) is 10.4. The number of nitrogens with zero attached hydrogens (tertiary/aromatic N) is 1. The molecule has 29 heavy (non-hydrogen) atoms. The lowest BCUT2D eigenvalue weighted by atomic mass is 10.2. The van der Waals surface area contributed by atoms with Crippen molar-refractivity contribution in [1.29, 1.82) is 0 Å². The van der Waals surface area contributed by atoms with E-state index in [-0.39, 0.29) is 13.2 Å². The van der Waals surface area contributed by atoms with Gasteiger partial charge in [0.2, 0.25) is 10.0 Å². The molecule has 0 radical (unpaired) electrons. The molecule has 0 bridgehead atoms. The predicted octanol–water partition coefficient (Wildman–Crippen LogP) is 2.55. The molecular formula is C21H30N2O5S. The quantitative estimate of drug-likeness (QED) is 0.715. The zero-order valence-electron chi connectivity index (χ0n) is 17.3. The number of aliphatic hydroxyl groups excluding tert-OH is 1. The summed E-state index contributed by atoms with van der Waals surface area (Å²) in [5.74, 6) is 0. The van der Waals surface area contributed by atoms with Gasteiger partial charge in [-0.05, 0) is 19.4 Å². The summed E-state index contributed by atoms with van der Waals surface area (Å²) in [4.78, 5) is 11.6. The molecule has 2 N–H and O–H groups in total. The molecule has 160 valence electrons. The van der Waals surface area contributed by atoms with Crippen LogP contribution in [-0.4, -0.2) is 55.9 Å². The van der Waals surface area contributed by atoms with E-state index in [0.717, 1.165) is 16.1 Å². The van der Waals surface area contributed by atoms with Crippen molar-refractivity contribution in [1.82, 2.24) is 9.62 Å². The number of ether oxygens (including phenoxy) is 1. The van der Waals surface area contributed by atoms with Gasteiger partial charge < -0.3 is 15.2 Å². The van der Waals surface area contributed by atoms with E-state index in [4.69, 9.17) is 4.74 Å². The summed E-state index contributed by atoms with van der Waals surface area (Å²) in [7, 11) is -2.02. The van der Waals surface area contributed by atoms with Gasteiger partial charge in [-0.3, -0.25) is 0 Å². The number of hydrogen-bond donors (Lipinski definition) is 2. The van der Waals surface area contributed by atoms with E-state index in [2.05, 4.69) is 24.4 Å². The van der Waals surface area contributed by atoms with Crippen LogP contribution in [0.2, 0.25) is 0 Å². The summed E-state index contributed by atoms with van der Waals surface area (Å²) in [5.41, 5.74) is 2.17. The lowest BCUT2D eigenvalue weighted by Crippen LogP contribution is -2.47. The molecule has 1 amide bonds. The first kappa shape index (κ1) is 24.6. The number of carbonyl (C=O) groups is 1. The summed E-state index contributed by atoms with van der Waals surface area (Å²) in [6.45, 7) is 3.67. The molecule has 0 unspecified atom stereocenters. The number of rotatable bonds is 7. The van der Waals surface area contributed by atoms with E-state index < -0.39 is 28.3 Å². The molecule has 0 heterocycles. The van der Waals surface area contributed by atoms with E-state index in [9.17, 15) is 18.3 Å². The highest BCUT2D eigenvalue weighted by atomic mass is 32.2. The van der Waals surface area contributed by atoms with Crippen molar-refractivity contribution in [2.75, 3.05) is 19.8 Å². The van der Waals surface area contributed by atoms with E-state index in [1.165, 1.54) is 12.6 Å². The molecule has 8 heteroatoms. The van der Waals surface area contributed by atoms with Crippen LogP contribution in [-0.2, 0) is 21.4 Å². The van der Waals surface area contributed by atoms with Crippen molar-refractivity contribution in [2.24, 2.45) is 0 Å². The molecule has 2 atom stereocenters. The van der Waals surface area contributed by atoms with Gasteiger partial charge in [-0.1, -0.05) is 66.2 Å². The van der Waals surface area contributed by atoms with Crippen LogP contribution in [0.4, 0.5) is 4.79 Å². The zero-order valence-corrected chi connectivity index (χ0v) is 18.1. The summed E-state index contributed by atoms with van der Waals surface area (Å²) in [6, 6.07) is 18.8. The largest absolute Gasteiger partial charge is 0.445 e. The standard InChI is InChI=1S/C14H22N2O5S.C7H8/c1-11(13(17)9-16(2)22(3,19)20)15-14(18)21-10-12-7-5-4-6-8-12;1-7-5-3-2-4-6-7/h4-8,11,13,17H,9-10H2,1-3H3,(H,15,18);2-6H,1H3/t11-,13+;/m0./s1. The third kappa shape index (κ3) is 10.6. The van der Waals surface area contributed by atoms with Crippen LogP contribution in [0.3, 0.4) is 0 Å². The van der Waals surface area contributed by atoms with Gasteiger partial charge in [-0.25, -0.2) is 17.5 Å². The highest BCUT2D eigenvalue weighted by Crippen LogP contribution is 2.03. The molecule has 2 aromatic carbocycles. The Labute approximate surface area is 173 Å². The van der Waals surface area contributed by atoms with Crippen LogP contribution >= 0.6 is 0 Å². The fraction of sp³-hybridized carbons (Fsp3) is 0.381. The summed E-state index contributed by atoms with van der Waals surface area (Å²) >= 11 is 0. The molecule has 0 aliphatic rings. The minimum Gasteiger partial charge on any atom is -0.445 e. The predicted molar refractivity (Wildman–Crippen MR) is 114 cm³/mol. The second-order valence-corrected chi connectivity index (χ2v) is 8.85. The molecule has 0 fully saturated rings. The summed E-state index contributed by atoms with van der Waals surface area (Å²) in [6.07, 6.45) is -0.659. The third-order valence-corrected chi connectivity index (χ3v) is 5.37. The zero-order chi connectivity index (χ0) is 21.9. The second-order valence-electron chi connectivity index (χ2n) is 6.76. The maximum Gasteiger partial charge on any atom is 0.407 e. The SMILES string of the molecule is C[C@H](NC(=O)OCc1ccccc1)[C@H](O)CN(C)S(C)(=O)=O.Cc1ccccc1. The fourth-order valence-corrected chi connectivity index (χ4v) is 2.56. The molecule has 7 nitrogen and oxygen atoms in total. The van der Waals surface area contributed by atoms with Crippen LogP contribution in [0.25, 0.3) is 0 Å². The Bertz CT molecular complexity index is 829. The van der Waals surface area contributed by atoms with Crippen LogP contribution in [0.1, 0.15) is 18.1 Å². The first-order chi connectivity index (χ1) is 13.6. The lowest BCUT2D eigenvalue weighted by Gasteiger charge is -2.23. The topological polar surface area (TPSA) is 95.9 Å². The van der Waals surface area contributed by atoms with Crippen LogP contribution < -0.4 is 5.32 Å². The Hall–Kier alpha value is -2.42. The third-order valence-electron chi connectivity index (χ3n) is 4.09. The maximum absolute atomic E-state index is 11.6. The number of aryl methyl sites for hydroxylation is 1. The van der Waals surface area contributed by atoms with Gasteiger partial charge >= 0.3 is 6.09 Å². The minimum absolute atomic E-state index is 0.112. The Morgan fingerprint density at radius 3 is 2.07 bits per heavy atom. The Morgan fingerprint density at radius 1 is 1.10 bits per heavy atom. The van der Waals surface area contributed by atoms with Gasteiger partial charge in [0.1, 0.15) is 6.61 Å². The normalized spacial score (nSPS) is 13.0. The average molecular weight is 423 g/mol. The van der Waals surface area contributed by atoms with Gasteiger partial charge in [-0.15, -0.1) is 0 Å². The summed E-state index contributed by atoms with van der Waals surface area (Å²) in [5, 5.41) is 12.4. The monoisotopic (exact) mass is 422 g/mol. The first-order valence-electron chi connectivity index (χ1n) is 9.18. The van der Waals surface area contributed by atoms with E-state index in [1.54, 1.807) is 6.92 Å². The minimum atomic E-state index is -3.38. The molecule has 0 aliphatic carbocycles. The number of hydrogen-bond acceptors (Lipinski definition) is 5. The number of benzene rings is 2. The van der Waals surface area contributed by atoms with Crippen molar-refractivity contribution in [3.63, 3.8) is 0 Å². The second kappa shape index (κ2) is 12.2. The van der Waals surface area contributed by atoms with Gasteiger partial charge in [0.05, 0.1) is 18.4 Å². The molecule has 0 spiro atoms. The number of aliphatic hydroxyl groups is 1. The smallest absolute Gasteiger partial charge is 0.407 e. The van der Waals surface area contributed by atoms with Gasteiger partial charge in [0, 0.05) is 13.6 Å². The Morgan fingerprint density at radius 2 is 1.62 bits per heavy atom. The fourth-order valence-electron chi connectivity index (χ4n) is 2.14. The van der Waals surface area contributed by atoms with E-state index >= 15 is 0 Å². The molecule has 2 rings (SSSR count). The lowest BCUT2D eigenvalue weighted by molar-refractivity contribution is 0.0974. The van der Waals surface area contributed by atoms with Crippen LogP contribution in [0.5, 0.6) is 0 Å². The molecule has 0 aromatic heterocycles. The van der Waals surface area contributed by atoms with Crippen LogP contribution in [0.15, 0.2) is 60.7 Å². The molecular weight excluding hydrogens is 392 g/mol. The molecule has 0 aliphatic heterocycles. The first-order valence-corrected chi connectivity index (χ1v) is 11.0. The van der Waals surface area contributed by atoms with Crippen molar-refractivity contribution < 1.29 is 23.1 Å². The van der Waals surface area contributed by atoms with Gasteiger partial charge in [-0.2, -0.15) is 0 Å². The molecule has 0 saturated heterocycles. The van der Waals surface area contributed by atoms with Gasteiger partial charge in [0.25, 0.3) is 0 Å². The van der Waals surface area contributed by atoms with Crippen molar-refractivity contribution >= 4 is 16.1 Å². The van der Waals surface area contributed by atoms with Gasteiger partial charge in [0.15, 0.2) is 0 Å². The maximum atomic E-state index is 11.6. The average Bonchev–Trinajstić information content (AvgIpc) is 2.67. The number of alkyl carbamates (subject to hydrolysis) is 1. The number of carbonyl (C=O) groups excluding carboxylic acids is 1. The van der Waals surface area contributed by atoms with Crippen molar-refractivity contribution in [2.45, 2.75) is 32.6 Å². The highest BCUT2D eigenvalue weighted by Gasteiger charge is 2.22. The van der Waals surface area contributed by atoms with E-state index in [0.29, 0.717) is 0 Å². The summed E-state index contributed by atoms with van der Waals surface area (Å²) < 4.78 is 28.6. The Balaban J connectivity index is 0.000000502. The number of amides is 1. The highest BCUT2D eigenvalue weighted by molar-refractivity contribution is 7.88. The van der Waals surface area contributed by atoms with Crippen molar-refractivity contribution in [3.8, 4) is 0 Å². The number of nitrogens with one attached hydrogen (secondary N) is 1. The van der Waals surface area contributed by atoms with E-state index in [1.807, 2.05) is 48.5 Å². The number of sulfonamides is 1. The van der Waals surface area contributed by atoms with Crippen molar-refractivity contribution in [3.05, 3.63) is 71.8 Å². The molecule has 2 aromatic rings. The molecule has 0 saturated carbocycles. The number of likely N-dealkylation sites (N-methyl/N-ethyl adjacent to an activating group) is 1. The van der Waals surface area contributed by atoms with Crippen LogP contribution in [0, 0.1) is 6.92 Å².